The monoisotopic (exact) mass is 308 g/mol. The maximum absolute atomic E-state index is 12.9. The molecule has 3 nitrogen and oxygen atoms in total. The van der Waals surface area contributed by atoms with Crippen molar-refractivity contribution in [3.05, 3.63) is 89.5 Å². The van der Waals surface area contributed by atoms with Crippen molar-refractivity contribution in [3.8, 4) is 5.69 Å². The maximum atomic E-state index is 12.9. The zero-order valence-electron chi connectivity index (χ0n) is 12.8. The Morgan fingerprint density at radius 1 is 1.09 bits per heavy atom. The number of nitrogens with one attached hydrogen (secondary N) is 1. The van der Waals surface area contributed by atoms with Crippen molar-refractivity contribution in [3.63, 3.8) is 0 Å². The van der Waals surface area contributed by atoms with E-state index in [1.54, 1.807) is 12.1 Å². The van der Waals surface area contributed by atoms with Gasteiger partial charge >= 0.3 is 0 Å². The fourth-order valence-corrected chi connectivity index (χ4v) is 2.41. The summed E-state index contributed by atoms with van der Waals surface area (Å²) in [6.45, 7) is 2.38. The van der Waals surface area contributed by atoms with Gasteiger partial charge < -0.3 is 9.88 Å². The molecule has 0 spiro atoms. The third kappa shape index (κ3) is 3.48. The van der Waals surface area contributed by atoms with Crippen LogP contribution in [-0.4, -0.2) is 10.5 Å². The van der Waals surface area contributed by atoms with E-state index in [2.05, 4.69) is 5.32 Å². The van der Waals surface area contributed by atoms with E-state index in [9.17, 15) is 9.18 Å². The molecule has 23 heavy (non-hydrogen) atoms. The fraction of sp³-hybridized carbons (Fsp3) is 0.105. The van der Waals surface area contributed by atoms with Crippen LogP contribution < -0.4 is 5.32 Å². The van der Waals surface area contributed by atoms with Crippen LogP contribution in [0.25, 0.3) is 5.69 Å². The second kappa shape index (κ2) is 6.48. The number of benzene rings is 2. The number of hydrogen-bond donors (Lipinski definition) is 1. The van der Waals surface area contributed by atoms with E-state index in [1.165, 1.54) is 12.1 Å². The van der Waals surface area contributed by atoms with Crippen molar-refractivity contribution in [1.29, 1.82) is 0 Å². The largest absolute Gasteiger partial charge is 0.348 e. The van der Waals surface area contributed by atoms with Crippen molar-refractivity contribution < 1.29 is 9.18 Å². The molecular weight excluding hydrogens is 291 g/mol. The molecule has 1 N–H and O–H groups in total. The minimum atomic E-state index is -0.282. The summed E-state index contributed by atoms with van der Waals surface area (Å²) in [5.74, 6) is -0.433. The Balaban J connectivity index is 1.75. The van der Waals surface area contributed by atoms with E-state index in [-0.39, 0.29) is 11.7 Å². The van der Waals surface area contributed by atoms with E-state index in [1.807, 2.05) is 54.2 Å². The first-order chi connectivity index (χ1) is 11.1. The topological polar surface area (TPSA) is 34.0 Å². The van der Waals surface area contributed by atoms with Crippen molar-refractivity contribution in [2.45, 2.75) is 13.5 Å². The van der Waals surface area contributed by atoms with Crippen LogP contribution in [0.3, 0.4) is 0 Å². The second-order valence-corrected chi connectivity index (χ2v) is 5.40. The molecule has 0 saturated carbocycles. The van der Waals surface area contributed by atoms with Gasteiger partial charge in [0.2, 0.25) is 0 Å². The van der Waals surface area contributed by atoms with Gasteiger partial charge in [-0.25, -0.2) is 4.39 Å². The number of rotatable bonds is 4. The highest BCUT2D eigenvalue weighted by atomic mass is 19.1. The highest BCUT2D eigenvalue weighted by molar-refractivity contribution is 5.94. The van der Waals surface area contributed by atoms with Crippen molar-refractivity contribution in [2.24, 2.45) is 0 Å². The van der Waals surface area contributed by atoms with Crippen LogP contribution in [0.2, 0.25) is 0 Å². The molecule has 2 aromatic carbocycles. The molecule has 1 amide bonds. The Morgan fingerprint density at radius 3 is 2.48 bits per heavy atom. The van der Waals surface area contributed by atoms with Gasteiger partial charge in [-0.05, 0) is 54.4 Å². The van der Waals surface area contributed by atoms with E-state index < -0.39 is 0 Å². The average Bonchev–Trinajstić information content (AvgIpc) is 3.09. The van der Waals surface area contributed by atoms with E-state index in [0.29, 0.717) is 12.1 Å². The quantitative estimate of drug-likeness (QED) is 0.780. The maximum Gasteiger partial charge on any atom is 0.251 e. The lowest BCUT2D eigenvalue weighted by molar-refractivity contribution is 0.0951. The lowest BCUT2D eigenvalue weighted by Crippen LogP contribution is -2.23. The zero-order chi connectivity index (χ0) is 16.2. The highest BCUT2D eigenvalue weighted by Crippen LogP contribution is 2.16. The molecule has 0 fully saturated rings. The van der Waals surface area contributed by atoms with Gasteiger partial charge in [0, 0.05) is 30.2 Å². The zero-order valence-corrected chi connectivity index (χ0v) is 12.8. The number of amides is 1. The second-order valence-electron chi connectivity index (χ2n) is 5.40. The molecule has 0 atom stereocenters. The summed E-state index contributed by atoms with van der Waals surface area (Å²) >= 11 is 0. The summed E-state index contributed by atoms with van der Waals surface area (Å²) in [4.78, 5) is 12.3. The predicted octanol–water partition coefficient (Wildman–Crippen LogP) is 3.85. The lowest BCUT2D eigenvalue weighted by atomic mass is 10.1. The minimum absolute atomic E-state index is 0.150. The SMILES string of the molecule is Cc1ccc(C(=O)NCc2ccc(F)cc2)cc1-n1cccc1. The number of aryl methyl sites for hydroxylation is 1. The van der Waals surface area contributed by atoms with Crippen molar-refractivity contribution in [2.75, 3.05) is 0 Å². The fourth-order valence-electron chi connectivity index (χ4n) is 2.41. The van der Waals surface area contributed by atoms with Crippen LogP contribution in [-0.2, 0) is 6.54 Å². The van der Waals surface area contributed by atoms with Gasteiger partial charge in [0.1, 0.15) is 5.82 Å². The van der Waals surface area contributed by atoms with Gasteiger partial charge in [0.25, 0.3) is 5.91 Å². The molecule has 0 bridgehead atoms. The number of carbonyl (C=O) groups excluding carboxylic acids is 1. The van der Waals surface area contributed by atoms with E-state index >= 15 is 0 Å². The molecule has 0 radical (unpaired) electrons. The molecule has 0 unspecified atom stereocenters. The van der Waals surface area contributed by atoms with Crippen LogP contribution in [0.5, 0.6) is 0 Å². The summed E-state index contributed by atoms with van der Waals surface area (Å²) in [6, 6.07) is 15.6. The Labute approximate surface area is 134 Å². The van der Waals surface area contributed by atoms with Crippen LogP contribution in [0.1, 0.15) is 21.5 Å². The first-order valence-corrected chi connectivity index (χ1v) is 7.40. The summed E-state index contributed by atoms with van der Waals surface area (Å²) in [6.07, 6.45) is 3.89. The molecule has 0 aliphatic rings. The molecule has 0 saturated heterocycles. The van der Waals surface area contributed by atoms with E-state index in [4.69, 9.17) is 0 Å². The summed E-state index contributed by atoms with van der Waals surface area (Å²) < 4.78 is 14.9. The highest BCUT2D eigenvalue weighted by Gasteiger charge is 2.09. The van der Waals surface area contributed by atoms with Crippen LogP contribution in [0, 0.1) is 12.7 Å². The van der Waals surface area contributed by atoms with Crippen LogP contribution in [0.4, 0.5) is 4.39 Å². The summed E-state index contributed by atoms with van der Waals surface area (Å²) in [5.41, 5.74) is 3.53. The van der Waals surface area contributed by atoms with Crippen LogP contribution in [0.15, 0.2) is 67.0 Å². The molecule has 0 aliphatic heterocycles. The number of carbonyl (C=O) groups is 1. The number of aromatic nitrogens is 1. The van der Waals surface area contributed by atoms with Gasteiger partial charge in [0.15, 0.2) is 0 Å². The van der Waals surface area contributed by atoms with Gasteiger partial charge in [-0.15, -0.1) is 0 Å². The van der Waals surface area contributed by atoms with Crippen LogP contribution >= 0.6 is 0 Å². The Kier molecular flexibility index (Phi) is 4.24. The third-order valence-corrected chi connectivity index (χ3v) is 3.72. The molecule has 3 rings (SSSR count). The van der Waals surface area contributed by atoms with Gasteiger partial charge in [-0.1, -0.05) is 18.2 Å². The summed E-state index contributed by atoms with van der Waals surface area (Å²) in [5, 5.41) is 2.86. The molecule has 1 heterocycles. The third-order valence-electron chi connectivity index (χ3n) is 3.72. The van der Waals surface area contributed by atoms with Gasteiger partial charge in [0.05, 0.1) is 0 Å². The number of hydrogen-bond acceptors (Lipinski definition) is 1. The average molecular weight is 308 g/mol. The van der Waals surface area contributed by atoms with Gasteiger partial charge in [-0.2, -0.15) is 0 Å². The van der Waals surface area contributed by atoms with Gasteiger partial charge in [-0.3, -0.25) is 4.79 Å². The molecule has 0 aliphatic carbocycles. The predicted molar refractivity (Wildman–Crippen MR) is 88.1 cm³/mol. The normalized spacial score (nSPS) is 10.5. The molecule has 3 aromatic rings. The summed E-state index contributed by atoms with van der Waals surface area (Å²) in [7, 11) is 0. The number of nitrogens with zero attached hydrogens (tertiary/aromatic N) is 1. The first kappa shape index (κ1) is 15.0. The Morgan fingerprint density at radius 2 is 1.78 bits per heavy atom. The minimum Gasteiger partial charge on any atom is -0.348 e. The lowest BCUT2D eigenvalue weighted by Gasteiger charge is -2.11. The molecule has 1 aromatic heterocycles. The molecular formula is C19H17FN2O. The smallest absolute Gasteiger partial charge is 0.251 e. The Bertz CT molecular complexity index is 808. The van der Waals surface area contributed by atoms with E-state index in [0.717, 1.165) is 16.8 Å². The molecule has 4 heteroatoms. The Hall–Kier alpha value is -2.88. The first-order valence-electron chi connectivity index (χ1n) is 7.40. The molecule has 116 valence electrons. The van der Waals surface area contributed by atoms with Crippen molar-refractivity contribution in [1.82, 2.24) is 9.88 Å². The standard InChI is InChI=1S/C19H17FN2O/c1-14-4-7-16(12-18(14)22-10-2-3-11-22)19(23)21-13-15-5-8-17(20)9-6-15/h2-12H,13H2,1H3,(H,21,23). The van der Waals surface area contributed by atoms with Crippen molar-refractivity contribution >= 4 is 5.91 Å². The number of halogens is 1.